The molecule has 156 valence electrons. The fourth-order valence-electron chi connectivity index (χ4n) is 3.76. The molecule has 3 aromatic rings. The van der Waals surface area contributed by atoms with Gasteiger partial charge in [-0.15, -0.1) is 0 Å². The number of anilines is 1. The van der Waals surface area contributed by atoms with E-state index in [0.29, 0.717) is 11.3 Å². The van der Waals surface area contributed by atoms with Crippen molar-refractivity contribution in [3.05, 3.63) is 76.9 Å². The van der Waals surface area contributed by atoms with Gasteiger partial charge in [0.05, 0.1) is 5.69 Å². The van der Waals surface area contributed by atoms with Crippen LogP contribution in [0.3, 0.4) is 0 Å². The highest BCUT2D eigenvalue weighted by molar-refractivity contribution is 5.80. The minimum Gasteiger partial charge on any atom is -0.356 e. The Bertz CT molecular complexity index is 1130. The molecular formula is C22H19F4N3O. The molecule has 2 heterocycles. The lowest BCUT2D eigenvalue weighted by Gasteiger charge is -2.30. The summed E-state index contributed by atoms with van der Waals surface area (Å²) < 4.78 is 61.5. The van der Waals surface area contributed by atoms with Crippen LogP contribution >= 0.6 is 0 Å². The highest BCUT2D eigenvalue weighted by Crippen LogP contribution is 2.44. The van der Waals surface area contributed by atoms with Crippen LogP contribution in [0.25, 0.3) is 16.8 Å². The van der Waals surface area contributed by atoms with E-state index in [4.69, 9.17) is 4.52 Å². The van der Waals surface area contributed by atoms with Gasteiger partial charge in [-0.25, -0.2) is 9.40 Å². The number of hydrogen-bond acceptors (Lipinski definition) is 4. The van der Waals surface area contributed by atoms with E-state index >= 15 is 0 Å². The fourth-order valence-corrected chi connectivity index (χ4v) is 3.76. The summed E-state index contributed by atoms with van der Waals surface area (Å²) >= 11 is 0. The first-order valence-electron chi connectivity index (χ1n) is 9.27. The first kappa shape index (κ1) is 20.2. The molecule has 1 aromatic heterocycles. The minimum absolute atomic E-state index is 0.0434. The van der Waals surface area contributed by atoms with E-state index in [-0.39, 0.29) is 23.6 Å². The Kier molecular flexibility index (Phi) is 4.89. The summed E-state index contributed by atoms with van der Waals surface area (Å²) in [6.45, 7) is 3.55. The Morgan fingerprint density at radius 1 is 1.03 bits per heavy atom. The summed E-state index contributed by atoms with van der Waals surface area (Å²) in [6.07, 6.45) is -4.69. The van der Waals surface area contributed by atoms with Crippen LogP contribution in [-0.4, -0.2) is 29.9 Å². The molecule has 0 amide bonds. The van der Waals surface area contributed by atoms with Gasteiger partial charge in [-0.2, -0.15) is 13.2 Å². The summed E-state index contributed by atoms with van der Waals surface area (Å²) in [7, 11) is 1.51. The molecule has 0 bridgehead atoms. The van der Waals surface area contributed by atoms with Gasteiger partial charge in [-0.1, -0.05) is 35.0 Å². The number of halogens is 4. The molecule has 0 saturated carbocycles. The molecule has 1 aliphatic heterocycles. The van der Waals surface area contributed by atoms with Gasteiger partial charge in [0.15, 0.2) is 5.76 Å². The molecule has 0 saturated heterocycles. The Hall–Kier alpha value is -3.13. The lowest BCUT2D eigenvalue weighted by atomic mass is 10.0. The number of alkyl halides is 3. The summed E-state index contributed by atoms with van der Waals surface area (Å²) in [5.41, 5.74) is 1.91. The lowest BCUT2D eigenvalue weighted by molar-refractivity contribution is -0.0945. The molecule has 0 spiro atoms. The largest absolute Gasteiger partial charge is 0.433 e. The second-order valence-electron chi connectivity index (χ2n) is 7.29. The summed E-state index contributed by atoms with van der Waals surface area (Å²) in [5, 5.41) is 6.39. The fraction of sp³-hybridized carbons (Fsp3) is 0.227. The molecule has 1 aliphatic rings. The van der Waals surface area contributed by atoms with E-state index in [1.54, 1.807) is 6.92 Å². The van der Waals surface area contributed by atoms with Crippen molar-refractivity contribution in [1.29, 1.82) is 0 Å². The van der Waals surface area contributed by atoms with Crippen molar-refractivity contribution in [3.8, 4) is 11.3 Å². The van der Waals surface area contributed by atoms with Gasteiger partial charge < -0.3 is 4.52 Å². The van der Waals surface area contributed by atoms with Crippen molar-refractivity contribution in [3.63, 3.8) is 0 Å². The molecule has 0 fully saturated rings. The van der Waals surface area contributed by atoms with Gasteiger partial charge in [-0.3, -0.25) is 5.01 Å². The lowest BCUT2D eigenvalue weighted by Crippen LogP contribution is -2.38. The second-order valence-corrected chi connectivity index (χ2v) is 7.29. The molecule has 0 atom stereocenters. The predicted molar refractivity (Wildman–Crippen MR) is 106 cm³/mol. The zero-order chi connectivity index (χ0) is 21.6. The van der Waals surface area contributed by atoms with Crippen LogP contribution in [0.2, 0.25) is 0 Å². The van der Waals surface area contributed by atoms with E-state index in [0.717, 1.165) is 22.2 Å². The van der Waals surface area contributed by atoms with Gasteiger partial charge in [0.2, 0.25) is 0 Å². The summed E-state index contributed by atoms with van der Waals surface area (Å²) in [4.78, 5) is 0. The average molecular weight is 417 g/mol. The van der Waals surface area contributed by atoms with Crippen LogP contribution < -0.4 is 5.01 Å². The summed E-state index contributed by atoms with van der Waals surface area (Å²) in [6, 6.07) is 12.6. The number of aryl methyl sites for hydroxylation is 1. The number of rotatable bonds is 3. The Labute approximate surface area is 171 Å². The number of allylic oxidation sites excluding steroid dienone is 1. The first-order valence-corrected chi connectivity index (χ1v) is 9.27. The van der Waals surface area contributed by atoms with Crippen LogP contribution in [0.15, 0.2) is 58.8 Å². The van der Waals surface area contributed by atoms with Crippen molar-refractivity contribution in [1.82, 2.24) is 10.2 Å². The van der Waals surface area contributed by atoms with Crippen LogP contribution in [0.1, 0.15) is 16.9 Å². The predicted octanol–water partition coefficient (Wildman–Crippen LogP) is 5.74. The average Bonchev–Trinajstić information content (AvgIpc) is 3.21. The van der Waals surface area contributed by atoms with Crippen LogP contribution in [0.4, 0.5) is 23.2 Å². The maximum Gasteiger partial charge on any atom is 0.433 e. The Balaban J connectivity index is 1.87. The normalized spacial score (nSPS) is 15.4. The summed E-state index contributed by atoms with van der Waals surface area (Å²) in [5.74, 6) is -0.543. The molecule has 30 heavy (non-hydrogen) atoms. The van der Waals surface area contributed by atoms with Crippen LogP contribution in [-0.2, 0) is 0 Å². The maximum atomic E-state index is 14.1. The van der Waals surface area contributed by atoms with Crippen molar-refractivity contribution < 1.29 is 22.1 Å². The zero-order valence-electron chi connectivity index (χ0n) is 16.6. The van der Waals surface area contributed by atoms with Gasteiger partial charge in [0.25, 0.3) is 0 Å². The third-order valence-corrected chi connectivity index (χ3v) is 5.04. The number of likely N-dealkylation sites (N-methyl/N-ethyl adjacent to an activating group) is 1. The molecular weight excluding hydrogens is 398 g/mol. The van der Waals surface area contributed by atoms with Crippen molar-refractivity contribution >= 4 is 11.3 Å². The number of nitrogens with zero attached hydrogens (tertiary/aromatic N) is 3. The maximum absolute atomic E-state index is 14.1. The number of aromatic nitrogens is 1. The standard InChI is InChI=1S/C22H19F4N3O/c1-13-6-4-7-15(10-13)19-14(2)20(30-27-19)18-12-28(3)29(21(18)22(24,25)26)17-9-5-8-16(23)11-17/h4-11H,12H2,1-3H3. The van der Waals surface area contributed by atoms with Crippen LogP contribution in [0.5, 0.6) is 0 Å². The minimum atomic E-state index is -4.69. The third-order valence-electron chi connectivity index (χ3n) is 5.04. The molecule has 4 nitrogen and oxygen atoms in total. The molecule has 0 aliphatic carbocycles. The topological polar surface area (TPSA) is 32.5 Å². The van der Waals surface area contributed by atoms with Gasteiger partial charge >= 0.3 is 6.18 Å². The van der Waals surface area contributed by atoms with Crippen molar-refractivity contribution in [2.45, 2.75) is 20.0 Å². The van der Waals surface area contributed by atoms with Crippen molar-refractivity contribution in [2.24, 2.45) is 0 Å². The van der Waals surface area contributed by atoms with E-state index in [9.17, 15) is 17.6 Å². The molecule has 2 aromatic carbocycles. The van der Waals surface area contributed by atoms with Gasteiger partial charge in [0.1, 0.15) is 17.2 Å². The first-order chi connectivity index (χ1) is 14.2. The highest BCUT2D eigenvalue weighted by atomic mass is 19.4. The van der Waals surface area contributed by atoms with E-state index < -0.39 is 17.7 Å². The second kappa shape index (κ2) is 7.28. The van der Waals surface area contributed by atoms with E-state index in [2.05, 4.69) is 5.16 Å². The monoisotopic (exact) mass is 417 g/mol. The SMILES string of the molecule is Cc1cccc(-c2noc(C3=C(C(F)(F)F)N(c4cccc(F)c4)N(C)C3)c2C)c1. The quantitative estimate of drug-likeness (QED) is 0.509. The number of hydrazine groups is 1. The van der Waals surface area contributed by atoms with Crippen molar-refractivity contribution in [2.75, 3.05) is 18.6 Å². The smallest absolute Gasteiger partial charge is 0.356 e. The molecule has 0 unspecified atom stereocenters. The molecule has 0 N–H and O–H groups in total. The van der Waals surface area contributed by atoms with E-state index in [1.807, 2.05) is 31.2 Å². The van der Waals surface area contributed by atoms with Gasteiger partial charge in [0, 0.05) is 30.3 Å². The molecule has 8 heteroatoms. The molecule has 0 radical (unpaired) electrons. The Morgan fingerprint density at radius 2 is 1.77 bits per heavy atom. The number of benzene rings is 2. The van der Waals surface area contributed by atoms with E-state index in [1.165, 1.54) is 30.3 Å². The third kappa shape index (κ3) is 3.47. The Morgan fingerprint density at radius 3 is 2.43 bits per heavy atom. The zero-order valence-corrected chi connectivity index (χ0v) is 16.6. The van der Waals surface area contributed by atoms with Crippen LogP contribution in [0, 0.1) is 19.7 Å². The van der Waals surface area contributed by atoms with Gasteiger partial charge in [-0.05, 0) is 38.1 Å². The molecule has 4 rings (SSSR count). The number of hydrogen-bond donors (Lipinski definition) is 0. The highest BCUT2D eigenvalue weighted by Gasteiger charge is 2.47.